The maximum absolute atomic E-state index is 12.5. The number of nitrogens with zero attached hydrogens (tertiary/aromatic N) is 3. The van der Waals surface area contributed by atoms with Crippen LogP contribution in [0.5, 0.6) is 0 Å². The quantitative estimate of drug-likeness (QED) is 0.672. The minimum Gasteiger partial charge on any atom is -0.277 e. The van der Waals surface area contributed by atoms with Gasteiger partial charge in [0.1, 0.15) is 0 Å². The molecule has 2 rings (SSSR count). The number of hydrazone groups is 1. The van der Waals surface area contributed by atoms with Crippen LogP contribution in [0.4, 0.5) is 5.95 Å². The fourth-order valence-electron chi connectivity index (χ4n) is 1.91. The molecule has 0 spiro atoms. The molecule has 0 atom stereocenters. The molecule has 1 N–H and O–H groups in total. The predicted octanol–water partition coefficient (Wildman–Crippen LogP) is 3.00. The molecule has 0 amide bonds. The van der Waals surface area contributed by atoms with E-state index in [2.05, 4.69) is 15.5 Å². The highest BCUT2D eigenvalue weighted by Gasteiger charge is 2.09. The minimum absolute atomic E-state index is 0.0238. The van der Waals surface area contributed by atoms with E-state index in [4.69, 9.17) is 0 Å². The van der Waals surface area contributed by atoms with Crippen molar-refractivity contribution in [2.45, 2.75) is 40.2 Å². The van der Waals surface area contributed by atoms with Crippen molar-refractivity contribution >= 4 is 22.6 Å². The van der Waals surface area contributed by atoms with Crippen LogP contribution in [-0.4, -0.2) is 15.3 Å². The van der Waals surface area contributed by atoms with E-state index in [9.17, 15) is 4.79 Å². The molecule has 0 fully saturated rings. The third-order valence-electron chi connectivity index (χ3n) is 3.17. The lowest BCUT2D eigenvalue weighted by Gasteiger charge is -2.12. The van der Waals surface area contributed by atoms with Gasteiger partial charge in [-0.1, -0.05) is 26.0 Å². The number of hydrogen-bond donors (Lipinski definition) is 1. The van der Waals surface area contributed by atoms with Gasteiger partial charge in [-0.25, -0.2) is 10.4 Å². The molecule has 2 aromatic rings. The van der Waals surface area contributed by atoms with Crippen LogP contribution in [-0.2, 0) is 6.54 Å². The Labute approximate surface area is 118 Å². The number of anilines is 1. The molecular formula is C15H20N4O. The normalized spacial score (nSPS) is 11.8. The standard InChI is InChI=1S/C15H20N4O/c1-4-10-19-14(20)12-8-6-7-9-13(12)16-15(19)18-17-11(3)5-2/h6-9H,4-5,10H2,1-3H3,(H,16,18)/b17-11-. The van der Waals surface area contributed by atoms with E-state index in [0.29, 0.717) is 23.4 Å². The van der Waals surface area contributed by atoms with Crippen molar-refractivity contribution in [3.63, 3.8) is 0 Å². The van der Waals surface area contributed by atoms with Gasteiger partial charge in [-0.2, -0.15) is 5.10 Å². The largest absolute Gasteiger partial charge is 0.277 e. The number of aromatic nitrogens is 2. The van der Waals surface area contributed by atoms with Gasteiger partial charge in [-0.05, 0) is 31.9 Å². The second-order valence-electron chi connectivity index (χ2n) is 4.72. The van der Waals surface area contributed by atoms with E-state index >= 15 is 0 Å². The van der Waals surface area contributed by atoms with Gasteiger partial charge in [0.15, 0.2) is 0 Å². The predicted molar refractivity (Wildman–Crippen MR) is 83.3 cm³/mol. The second-order valence-corrected chi connectivity index (χ2v) is 4.72. The first-order chi connectivity index (χ1) is 9.67. The molecule has 0 bridgehead atoms. The summed E-state index contributed by atoms with van der Waals surface area (Å²) in [4.78, 5) is 17.0. The zero-order chi connectivity index (χ0) is 14.5. The number of benzene rings is 1. The monoisotopic (exact) mass is 272 g/mol. The Kier molecular flexibility index (Phi) is 4.50. The lowest BCUT2D eigenvalue weighted by atomic mass is 10.2. The molecule has 1 heterocycles. The molecule has 0 aliphatic rings. The number of para-hydroxylation sites is 1. The Hall–Kier alpha value is -2.17. The van der Waals surface area contributed by atoms with Crippen LogP contribution < -0.4 is 11.0 Å². The van der Waals surface area contributed by atoms with Crippen molar-refractivity contribution in [2.24, 2.45) is 5.10 Å². The minimum atomic E-state index is -0.0238. The smallest absolute Gasteiger partial charge is 0.262 e. The third-order valence-corrected chi connectivity index (χ3v) is 3.17. The zero-order valence-corrected chi connectivity index (χ0v) is 12.2. The molecule has 0 radical (unpaired) electrons. The van der Waals surface area contributed by atoms with Crippen molar-refractivity contribution in [3.8, 4) is 0 Å². The van der Waals surface area contributed by atoms with Gasteiger partial charge < -0.3 is 0 Å². The molecule has 0 aliphatic heterocycles. The van der Waals surface area contributed by atoms with Gasteiger partial charge in [0, 0.05) is 12.3 Å². The number of nitrogens with one attached hydrogen (secondary N) is 1. The van der Waals surface area contributed by atoms with Gasteiger partial charge in [0.05, 0.1) is 10.9 Å². The van der Waals surface area contributed by atoms with E-state index in [-0.39, 0.29) is 5.56 Å². The second kappa shape index (κ2) is 6.32. The average molecular weight is 272 g/mol. The molecule has 0 unspecified atom stereocenters. The lowest BCUT2D eigenvalue weighted by Crippen LogP contribution is -2.24. The van der Waals surface area contributed by atoms with Crippen molar-refractivity contribution < 1.29 is 0 Å². The molecule has 0 saturated heterocycles. The molecule has 5 heteroatoms. The maximum atomic E-state index is 12.5. The highest BCUT2D eigenvalue weighted by Crippen LogP contribution is 2.11. The first kappa shape index (κ1) is 14.2. The van der Waals surface area contributed by atoms with Crippen LogP contribution in [0.3, 0.4) is 0 Å². The number of fused-ring (bicyclic) bond motifs is 1. The summed E-state index contributed by atoms with van der Waals surface area (Å²) in [6.45, 7) is 6.63. The lowest BCUT2D eigenvalue weighted by molar-refractivity contribution is 0.654. The van der Waals surface area contributed by atoms with Gasteiger partial charge in [0.2, 0.25) is 5.95 Å². The summed E-state index contributed by atoms with van der Waals surface area (Å²) in [6, 6.07) is 7.38. The van der Waals surface area contributed by atoms with Gasteiger partial charge in [-0.15, -0.1) is 0 Å². The summed E-state index contributed by atoms with van der Waals surface area (Å²) in [7, 11) is 0. The van der Waals surface area contributed by atoms with Crippen LogP contribution >= 0.6 is 0 Å². The highest BCUT2D eigenvalue weighted by atomic mass is 16.1. The van der Waals surface area contributed by atoms with E-state index in [0.717, 1.165) is 18.6 Å². The van der Waals surface area contributed by atoms with Crippen molar-refractivity contribution in [1.82, 2.24) is 9.55 Å². The van der Waals surface area contributed by atoms with Crippen LogP contribution in [0.15, 0.2) is 34.2 Å². The summed E-state index contributed by atoms with van der Waals surface area (Å²) < 4.78 is 1.65. The fraction of sp³-hybridized carbons (Fsp3) is 0.400. The van der Waals surface area contributed by atoms with Crippen molar-refractivity contribution in [3.05, 3.63) is 34.6 Å². The van der Waals surface area contributed by atoms with Gasteiger partial charge in [0.25, 0.3) is 5.56 Å². The zero-order valence-electron chi connectivity index (χ0n) is 12.2. The first-order valence-corrected chi connectivity index (χ1v) is 6.96. The molecule has 1 aromatic heterocycles. The Morgan fingerprint density at radius 1 is 1.35 bits per heavy atom. The SMILES string of the molecule is CCCn1c(N/N=C(/C)CC)nc2ccccc2c1=O. The summed E-state index contributed by atoms with van der Waals surface area (Å²) in [6.07, 6.45) is 1.73. The van der Waals surface area contributed by atoms with E-state index in [1.807, 2.05) is 39.0 Å². The maximum Gasteiger partial charge on any atom is 0.262 e. The molecule has 5 nitrogen and oxygen atoms in total. The molecule has 1 aromatic carbocycles. The highest BCUT2D eigenvalue weighted by molar-refractivity contribution is 5.82. The average Bonchev–Trinajstić information content (AvgIpc) is 2.48. The Morgan fingerprint density at radius 3 is 2.80 bits per heavy atom. The summed E-state index contributed by atoms with van der Waals surface area (Å²) in [5.41, 5.74) is 4.56. The number of rotatable bonds is 5. The van der Waals surface area contributed by atoms with E-state index in [1.165, 1.54) is 0 Å². The Bertz CT molecular complexity index is 688. The summed E-state index contributed by atoms with van der Waals surface area (Å²) in [5.74, 6) is 0.503. The molecular weight excluding hydrogens is 252 g/mol. The summed E-state index contributed by atoms with van der Waals surface area (Å²) >= 11 is 0. The topological polar surface area (TPSA) is 59.3 Å². The third kappa shape index (κ3) is 2.87. The number of hydrogen-bond acceptors (Lipinski definition) is 4. The Balaban J connectivity index is 2.56. The van der Waals surface area contributed by atoms with Crippen molar-refractivity contribution in [2.75, 3.05) is 5.43 Å². The molecule has 0 saturated carbocycles. The fourth-order valence-corrected chi connectivity index (χ4v) is 1.91. The van der Waals surface area contributed by atoms with E-state index in [1.54, 1.807) is 10.6 Å². The van der Waals surface area contributed by atoms with Crippen molar-refractivity contribution in [1.29, 1.82) is 0 Å². The van der Waals surface area contributed by atoms with Crippen LogP contribution in [0.2, 0.25) is 0 Å². The van der Waals surface area contributed by atoms with Crippen LogP contribution in [0, 0.1) is 0 Å². The van der Waals surface area contributed by atoms with Gasteiger partial charge >= 0.3 is 0 Å². The van der Waals surface area contributed by atoms with Crippen LogP contribution in [0.25, 0.3) is 10.9 Å². The van der Waals surface area contributed by atoms with E-state index < -0.39 is 0 Å². The van der Waals surface area contributed by atoms with Gasteiger partial charge in [-0.3, -0.25) is 9.36 Å². The first-order valence-electron chi connectivity index (χ1n) is 6.96. The molecule has 106 valence electrons. The molecule has 0 aliphatic carbocycles. The summed E-state index contributed by atoms with van der Waals surface area (Å²) in [5, 5.41) is 4.89. The Morgan fingerprint density at radius 2 is 2.10 bits per heavy atom. The van der Waals surface area contributed by atoms with Crippen LogP contribution in [0.1, 0.15) is 33.6 Å². The molecule has 20 heavy (non-hydrogen) atoms.